The second-order valence-corrected chi connectivity index (χ2v) is 5.72. The molecule has 0 unspecified atom stereocenters. The predicted octanol–water partition coefficient (Wildman–Crippen LogP) is 3.20. The van der Waals surface area contributed by atoms with E-state index in [9.17, 15) is 0 Å². The molecular weight excluding hydrogens is 300 g/mol. The fraction of sp³-hybridized carbons (Fsp3) is 0.0556. The van der Waals surface area contributed by atoms with Crippen LogP contribution in [0, 0.1) is 6.92 Å². The Kier molecular flexibility index (Phi) is 2.61. The summed E-state index contributed by atoms with van der Waals surface area (Å²) in [4.78, 5) is 9.32. The predicted molar refractivity (Wildman–Crippen MR) is 91.6 cm³/mol. The van der Waals surface area contributed by atoms with Gasteiger partial charge in [0.25, 0.3) is 0 Å². The summed E-state index contributed by atoms with van der Waals surface area (Å²) in [6.07, 6.45) is 1.71. The van der Waals surface area contributed by atoms with E-state index in [0.29, 0.717) is 22.5 Å². The zero-order chi connectivity index (χ0) is 16.1. The third kappa shape index (κ3) is 1.86. The third-order valence-electron chi connectivity index (χ3n) is 4.06. The van der Waals surface area contributed by atoms with Crippen LogP contribution >= 0.6 is 0 Å². The van der Waals surface area contributed by atoms with Gasteiger partial charge in [0.15, 0.2) is 5.82 Å². The van der Waals surface area contributed by atoms with Crippen molar-refractivity contribution < 1.29 is 0 Å². The Morgan fingerprint density at radius 3 is 2.33 bits per heavy atom. The first-order valence-corrected chi connectivity index (χ1v) is 7.63. The number of rotatable bonds is 1. The molecule has 0 saturated carbocycles. The van der Waals surface area contributed by atoms with E-state index in [1.807, 2.05) is 48.5 Å². The Bertz CT molecular complexity index is 1210. The Hall–Kier alpha value is -3.41. The third-order valence-corrected chi connectivity index (χ3v) is 4.06. The van der Waals surface area contributed by atoms with E-state index in [0.717, 1.165) is 16.6 Å². The molecule has 0 radical (unpaired) electrons. The fourth-order valence-corrected chi connectivity index (χ4v) is 2.80. The van der Waals surface area contributed by atoms with Gasteiger partial charge in [0.05, 0.1) is 17.2 Å². The second kappa shape index (κ2) is 4.79. The number of para-hydroxylation sites is 2. The van der Waals surface area contributed by atoms with Crippen molar-refractivity contribution in [1.82, 2.24) is 29.8 Å². The molecule has 114 valence electrons. The molecule has 24 heavy (non-hydrogen) atoms. The minimum Gasteiger partial charge on any atom is -0.243 e. The van der Waals surface area contributed by atoms with E-state index in [1.165, 1.54) is 5.56 Å². The molecule has 6 nitrogen and oxygen atoms in total. The summed E-state index contributed by atoms with van der Waals surface area (Å²) < 4.78 is 1.72. The van der Waals surface area contributed by atoms with Gasteiger partial charge in [0.1, 0.15) is 11.0 Å². The first-order valence-electron chi connectivity index (χ1n) is 7.63. The van der Waals surface area contributed by atoms with Crippen LogP contribution in [0.1, 0.15) is 5.56 Å². The van der Waals surface area contributed by atoms with Gasteiger partial charge in [-0.15, -0.1) is 10.2 Å². The van der Waals surface area contributed by atoms with Crippen LogP contribution in [-0.4, -0.2) is 29.8 Å². The molecule has 3 aromatic heterocycles. The summed E-state index contributed by atoms with van der Waals surface area (Å²) >= 11 is 0. The van der Waals surface area contributed by atoms with Crippen LogP contribution < -0.4 is 0 Å². The summed E-state index contributed by atoms with van der Waals surface area (Å²) in [6.45, 7) is 2.05. The SMILES string of the molecule is Cc1ccc(-c2nnc3c4nc5ccccc5nc4cnn23)cc1. The average Bonchev–Trinajstić information content (AvgIpc) is 3.05. The summed E-state index contributed by atoms with van der Waals surface area (Å²) in [6, 6.07) is 15.9. The molecule has 0 aliphatic carbocycles. The van der Waals surface area contributed by atoms with Gasteiger partial charge in [-0.05, 0) is 19.1 Å². The Morgan fingerprint density at radius 2 is 1.54 bits per heavy atom. The molecule has 6 heteroatoms. The van der Waals surface area contributed by atoms with Crippen LogP contribution in [-0.2, 0) is 0 Å². The summed E-state index contributed by atoms with van der Waals surface area (Å²) in [5.41, 5.74) is 5.87. The van der Waals surface area contributed by atoms with E-state index in [2.05, 4.69) is 27.2 Å². The Balaban J connectivity index is 1.82. The maximum Gasteiger partial charge on any atom is 0.206 e. The van der Waals surface area contributed by atoms with Crippen molar-refractivity contribution in [2.75, 3.05) is 0 Å². The lowest BCUT2D eigenvalue weighted by atomic mass is 10.1. The van der Waals surface area contributed by atoms with Gasteiger partial charge in [-0.3, -0.25) is 0 Å². The fourth-order valence-electron chi connectivity index (χ4n) is 2.80. The van der Waals surface area contributed by atoms with Crippen LogP contribution in [0.2, 0.25) is 0 Å². The van der Waals surface area contributed by atoms with Crippen LogP contribution in [0.25, 0.3) is 39.1 Å². The van der Waals surface area contributed by atoms with Crippen molar-refractivity contribution in [2.45, 2.75) is 6.92 Å². The van der Waals surface area contributed by atoms with E-state index < -0.39 is 0 Å². The van der Waals surface area contributed by atoms with E-state index >= 15 is 0 Å². The van der Waals surface area contributed by atoms with Gasteiger partial charge in [-0.25, -0.2) is 9.97 Å². The highest BCUT2D eigenvalue weighted by molar-refractivity contribution is 5.93. The molecule has 0 bridgehead atoms. The number of benzene rings is 2. The largest absolute Gasteiger partial charge is 0.243 e. The minimum atomic E-state index is 0.612. The molecule has 0 saturated heterocycles. The van der Waals surface area contributed by atoms with Crippen LogP contribution in [0.5, 0.6) is 0 Å². The highest BCUT2D eigenvalue weighted by Gasteiger charge is 2.14. The van der Waals surface area contributed by atoms with E-state index in [-0.39, 0.29) is 0 Å². The highest BCUT2D eigenvalue weighted by atomic mass is 15.4. The summed E-state index contributed by atoms with van der Waals surface area (Å²) in [5.74, 6) is 0.696. The molecule has 5 rings (SSSR count). The van der Waals surface area contributed by atoms with Gasteiger partial charge in [0, 0.05) is 5.56 Å². The first kappa shape index (κ1) is 13.1. The van der Waals surface area contributed by atoms with Gasteiger partial charge < -0.3 is 0 Å². The topological polar surface area (TPSA) is 68.9 Å². The molecule has 0 amide bonds. The molecule has 0 aliphatic heterocycles. The van der Waals surface area contributed by atoms with E-state index in [1.54, 1.807) is 10.7 Å². The van der Waals surface area contributed by atoms with Crippen molar-refractivity contribution in [3.05, 3.63) is 60.3 Å². The molecule has 5 aromatic rings. The lowest BCUT2D eigenvalue weighted by molar-refractivity contribution is 0.941. The lowest BCUT2D eigenvalue weighted by Gasteiger charge is -2.03. The molecule has 0 atom stereocenters. The van der Waals surface area contributed by atoms with Crippen molar-refractivity contribution in [3.8, 4) is 11.4 Å². The van der Waals surface area contributed by atoms with Crippen molar-refractivity contribution >= 4 is 27.7 Å². The van der Waals surface area contributed by atoms with Crippen molar-refractivity contribution in [3.63, 3.8) is 0 Å². The lowest BCUT2D eigenvalue weighted by Crippen LogP contribution is -1.98. The Labute approximate surface area is 136 Å². The number of hydrogen-bond donors (Lipinski definition) is 0. The maximum atomic E-state index is 4.70. The van der Waals surface area contributed by atoms with Gasteiger partial charge in [0.2, 0.25) is 5.65 Å². The number of aromatic nitrogens is 6. The van der Waals surface area contributed by atoms with Crippen LogP contribution in [0.15, 0.2) is 54.7 Å². The van der Waals surface area contributed by atoms with Crippen LogP contribution in [0.4, 0.5) is 0 Å². The summed E-state index contributed by atoms with van der Waals surface area (Å²) in [5, 5.41) is 13.1. The molecule has 2 aromatic carbocycles. The molecule has 0 fully saturated rings. The standard InChI is InChI=1S/C18H12N6/c1-11-6-8-12(9-7-11)17-22-23-18-16-15(10-19-24(17)18)20-13-4-2-3-5-14(13)21-16/h2-10H,1H3. The highest BCUT2D eigenvalue weighted by Crippen LogP contribution is 2.22. The van der Waals surface area contributed by atoms with Crippen molar-refractivity contribution in [1.29, 1.82) is 0 Å². The smallest absolute Gasteiger partial charge is 0.206 e. The summed E-state index contributed by atoms with van der Waals surface area (Å²) in [7, 11) is 0. The molecule has 3 heterocycles. The number of aryl methyl sites for hydroxylation is 1. The second-order valence-electron chi connectivity index (χ2n) is 5.72. The molecular formula is C18H12N6. The number of nitrogens with zero attached hydrogens (tertiary/aromatic N) is 6. The first-order chi connectivity index (χ1) is 11.8. The van der Waals surface area contributed by atoms with Gasteiger partial charge in [-0.2, -0.15) is 9.61 Å². The minimum absolute atomic E-state index is 0.612. The normalized spacial score (nSPS) is 11.5. The molecule has 0 aliphatic rings. The molecule has 0 N–H and O–H groups in total. The van der Waals surface area contributed by atoms with E-state index in [4.69, 9.17) is 4.98 Å². The molecule has 0 spiro atoms. The van der Waals surface area contributed by atoms with Gasteiger partial charge in [-0.1, -0.05) is 42.0 Å². The maximum absolute atomic E-state index is 4.70. The quantitative estimate of drug-likeness (QED) is 0.445. The number of fused-ring (bicyclic) bond motifs is 4. The van der Waals surface area contributed by atoms with Gasteiger partial charge >= 0.3 is 0 Å². The Morgan fingerprint density at radius 1 is 0.792 bits per heavy atom. The average molecular weight is 312 g/mol. The van der Waals surface area contributed by atoms with Crippen molar-refractivity contribution in [2.24, 2.45) is 0 Å². The monoisotopic (exact) mass is 312 g/mol. The zero-order valence-electron chi connectivity index (χ0n) is 12.9. The zero-order valence-corrected chi connectivity index (χ0v) is 12.9. The van der Waals surface area contributed by atoms with Crippen LogP contribution in [0.3, 0.4) is 0 Å². The number of hydrogen-bond acceptors (Lipinski definition) is 5.